The Labute approximate surface area is 205 Å². The average molecular weight is 513 g/mol. The van der Waals surface area contributed by atoms with E-state index in [-0.39, 0.29) is 28.2 Å². The quantitative estimate of drug-likeness (QED) is 0.482. The number of aliphatic hydroxyl groups is 2. The lowest BCUT2D eigenvalue weighted by molar-refractivity contribution is -0.216. The molecule has 0 unspecified atom stereocenters. The van der Waals surface area contributed by atoms with E-state index >= 15 is 0 Å². The van der Waals surface area contributed by atoms with E-state index in [0.717, 1.165) is 5.69 Å². The first-order valence-electron chi connectivity index (χ1n) is 11.0. The molecule has 10 nitrogen and oxygen atoms in total. The van der Waals surface area contributed by atoms with Gasteiger partial charge in [0.2, 0.25) is 0 Å². The smallest absolute Gasteiger partial charge is 0.178 e. The number of methoxy groups -OCH3 is 1. The van der Waals surface area contributed by atoms with Crippen molar-refractivity contribution in [3.8, 4) is 11.3 Å². The SMILES string of the molecule is CO[C@@H]1[C@@H](n2cc(-c3ccc(Cl)c(F)c3F)nn2)[C@@H](O)[C@@H](CO)O[C@@H]1Cn1cc(C(C)(C)C)nn1. The predicted octanol–water partition coefficient (Wildman–Crippen LogP) is 2.14. The third-order valence-electron chi connectivity index (χ3n) is 6.04. The molecule has 2 aromatic heterocycles. The van der Waals surface area contributed by atoms with Crippen LogP contribution in [0.5, 0.6) is 0 Å². The lowest BCUT2D eigenvalue weighted by Gasteiger charge is -2.43. The molecule has 1 aliphatic heterocycles. The molecule has 3 heterocycles. The van der Waals surface area contributed by atoms with Crippen molar-refractivity contribution >= 4 is 11.6 Å². The minimum Gasteiger partial charge on any atom is -0.394 e. The van der Waals surface area contributed by atoms with Gasteiger partial charge in [-0.15, -0.1) is 10.2 Å². The maximum atomic E-state index is 14.4. The number of hydrogen-bond donors (Lipinski definition) is 2. The molecule has 2 N–H and O–H groups in total. The highest BCUT2D eigenvalue weighted by atomic mass is 35.5. The number of aliphatic hydroxyl groups excluding tert-OH is 2. The van der Waals surface area contributed by atoms with Gasteiger partial charge in [-0.25, -0.2) is 18.1 Å². The van der Waals surface area contributed by atoms with Crippen LogP contribution >= 0.6 is 11.6 Å². The van der Waals surface area contributed by atoms with Gasteiger partial charge in [-0.1, -0.05) is 42.8 Å². The minimum absolute atomic E-state index is 0.0369. The van der Waals surface area contributed by atoms with Crippen LogP contribution in [0.15, 0.2) is 24.5 Å². The molecule has 0 radical (unpaired) electrons. The summed E-state index contributed by atoms with van der Waals surface area (Å²) in [6.45, 7) is 5.81. The van der Waals surface area contributed by atoms with Gasteiger partial charge >= 0.3 is 0 Å². The summed E-state index contributed by atoms with van der Waals surface area (Å²) < 4.78 is 43.0. The molecule has 13 heteroatoms. The molecule has 190 valence electrons. The molecular formula is C22H27ClF2N6O4. The number of rotatable bonds is 6. The van der Waals surface area contributed by atoms with Gasteiger partial charge in [-0.3, -0.25) is 0 Å². The summed E-state index contributed by atoms with van der Waals surface area (Å²) in [5.74, 6) is -2.35. The van der Waals surface area contributed by atoms with Crippen molar-refractivity contribution in [2.24, 2.45) is 0 Å². The Morgan fingerprint density at radius 2 is 1.86 bits per heavy atom. The molecule has 5 atom stereocenters. The highest BCUT2D eigenvalue weighted by molar-refractivity contribution is 6.30. The zero-order valence-corrected chi connectivity index (χ0v) is 20.4. The topological polar surface area (TPSA) is 120 Å². The molecule has 1 aromatic carbocycles. The third-order valence-corrected chi connectivity index (χ3v) is 6.33. The summed E-state index contributed by atoms with van der Waals surface area (Å²) in [5.41, 5.74) is 0.485. The van der Waals surface area contributed by atoms with Crippen molar-refractivity contribution in [3.05, 3.63) is 46.9 Å². The summed E-state index contributed by atoms with van der Waals surface area (Å²) >= 11 is 5.64. The molecule has 35 heavy (non-hydrogen) atoms. The van der Waals surface area contributed by atoms with E-state index in [1.807, 2.05) is 20.8 Å². The number of benzene rings is 1. The summed E-state index contributed by atoms with van der Waals surface area (Å²) in [7, 11) is 1.45. The summed E-state index contributed by atoms with van der Waals surface area (Å²) in [5, 5.41) is 36.8. The van der Waals surface area contributed by atoms with Crippen LogP contribution in [0.25, 0.3) is 11.3 Å². The fourth-order valence-electron chi connectivity index (χ4n) is 4.10. The van der Waals surface area contributed by atoms with E-state index in [1.54, 1.807) is 10.9 Å². The van der Waals surface area contributed by atoms with E-state index in [0.29, 0.717) is 0 Å². The van der Waals surface area contributed by atoms with Gasteiger partial charge in [0.25, 0.3) is 0 Å². The van der Waals surface area contributed by atoms with Gasteiger partial charge in [-0.05, 0) is 12.1 Å². The Bertz CT molecular complexity index is 1180. The third kappa shape index (κ3) is 4.94. The van der Waals surface area contributed by atoms with Gasteiger partial charge in [0.15, 0.2) is 11.6 Å². The van der Waals surface area contributed by atoms with Crippen LogP contribution in [0.4, 0.5) is 8.78 Å². The lowest BCUT2D eigenvalue weighted by atomic mass is 9.92. The van der Waals surface area contributed by atoms with Crippen LogP contribution in [0.1, 0.15) is 32.5 Å². The van der Waals surface area contributed by atoms with E-state index in [1.165, 1.54) is 30.1 Å². The van der Waals surface area contributed by atoms with Gasteiger partial charge < -0.3 is 19.7 Å². The molecular weight excluding hydrogens is 486 g/mol. The highest BCUT2D eigenvalue weighted by Gasteiger charge is 2.47. The predicted molar refractivity (Wildman–Crippen MR) is 121 cm³/mol. The van der Waals surface area contributed by atoms with Crippen molar-refractivity contribution in [1.82, 2.24) is 30.0 Å². The van der Waals surface area contributed by atoms with E-state index in [2.05, 4.69) is 20.6 Å². The molecule has 4 rings (SSSR count). The fraction of sp³-hybridized carbons (Fsp3) is 0.545. The zero-order chi connectivity index (χ0) is 25.5. The Morgan fingerprint density at radius 3 is 2.49 bits per heavy atom. The van der Waals surface area contributed by atoms with Gasteiger partial charge in [-0.2, -0.15) is 0 Å². The number of nitrogens with zero attached hydrogens (tertiary/aromatic N) is 6. The molecule has 0 amide bonds. The van der Waals surface area contributed by atoms with Crippen LogP contribution < -0.4 is 0 Å². The van der Waals surface area contributed by atoms with Gasteiger partial charge in [0.1, 0.15) is 36.2 Å². The summed E-state index contributed by atoms with van der Waals surface area (Å²) in [6, 6.07) is 1.65. The second-order valence-electron chi connectivity index (χ2n) is 9.46. The number of aromatic nitrogens is 6. The summed E-state index contributed by atoms with van der Waals surface area (Å²) in [6.07, 6.45) is -0.429. The largest absolute Gasteiger partial charge is 0.394 e. The van der Waals surface area contributed by atoms with Gasteiger partial charge in [0, 0.05) is 24.3 Å². The fourth-order valence-corrected chi connectivity index (χ4v) is 4.24. The number of ether oxygens (including phenoxy) is 2. The number of halogens is 3. The maximum Gasteiger partial charge on any atom is 0.178 e. The highest BCUT2D eigenvalue weighted by Crippen LogP contribution is 2.34. The van der Waals surface area contributed by atoms with Crippen molar-refractivity contribution in [2.75, 3.05) is 13.7 Å². The average Bonchev–Trinajstić information content (AvgIpc) is 3.48. The Morgan fingerprint density at radius 1 is 1.11 bits per heavy atom. The Hall–Kier alpha value is -2.51. The first kappa shape index (κ1) is 25.6. The Balaban J connectivity index is 1.66. The standard InChI is InChI=1S/C22H27ClF2N6O4/c1-22(2,3)16-9-30(28-27-16)8-14-21(34-4)19(20(33)15(10-32)35-14)31-7-13(26-29-31)11-5-6-12(23)18(25)17(11)24/h5-7,9,14-15,19-21,32-33H,8,10H2,1-4H3/t14-,15-,19+,20+,21+/m1/s1. The monoisotopic (exact) mass is 512 g/mol. The second kappa shape index (κ2) is 9.86. The van der Waals surface area contributed by atoms with Crippen molar-refractivity contribution < 1.29 is 28.5 Å². The second-order valence-corrected chi connectivity index (χ2v) is 9.87. The van der Waals surface area contributed by atoms with Crippen LogP contribution in [-0.2, 0) is 21.4 Å². The molecule has 0 aliphatic carbocycles. The first-order valence-corrected chi connectivity index (χ1v) is 11.4. The maximum absolute atomic E-state index is 14.4. The van der Waals surface area contributed by atoms with E-state index < -0.39 is 48.7 Å². The van der Waals surface area contributed by atoms with Crippen molar-refractivity contribution in [3.63, 3.8) is 0 Å². The first-order chi connectivity index (χ1) is 16.5. The van der Waals surface area contributed by atoms with Crippen molar-refractivity contribution in [1.29, 1.82) is 0 Å². The van der Waals surface area contributed by atoms with Crippen LogP contribution in [0, 0.1) is 11.6 Å². The Kier molecular flexibility index (Phi) is 7.21. The van der Waals surface area contributed by atoms with Gasteiger partial charge in [0.05, 0.1) is 30.1 Å². The molecule has 0 saturated carbocycles. The molecule has 0 bridgehead atoms. The van der Waals surface area contributed by atoms with Crippen molar-refractivity contribution in [2.45, 2.75) is 63.2 Å². The zero-order valence-electron chi connectivity index (χ0n) is 19.6. The molecule has 1 saturated heterocycles. The minimum atomic E-state index is -1.23. The van der Waals surface area contributed by atoms with Crippen LogP contribution in [-0.4, -0.2) is 78.3 Å². The van der Waals surface area contributed by atoms with Crippen LogP contribution in [0.2, 0.25) is 5.02 Å². The normalized spacial score (nSPS) is 25.2. The molecule has 3 aromatic rings. The van der Waals surface area contributed by atoms with E-state index in [4.69, 9.17) is 21.1 Å². The lowest BCUT2D eigenvalue weighted by Crippen LogP contribution is -2.57. The van der Waals surface area contributed by atoms with E-state index in [9.17, 15) is 19.0 Å². The molecule has 0 spiro atoms. The molecule has 1 fully saturated rings. The number of hydrogen-bond acceptors (Lipinski definition) is 8. The molecule has 1 aliphatic rings. The van der Waals surface area contributed by atoms with Crippen LogP contribution in [0.3, 0.4) is 0 Å². The summed E-state index contributed by atoms with van der Waals surface area (Å²) in [4.78, 5) is 0.